The predicted octanol–water partition coefficient (Wildman–Crippen LogP) is 2.00. The summed E-state index contributed by atoms with van der Waals surface area (Å²) >= 11 is 0.860. The number of esters is 1. The van der Waals surface area contributed by atoms with Gasteiger partial charge in [-0.05, 0) is 0 Å². The number of halogens is 2. The highest BCUT2D eigenvalue weighted by Crippen LogP contribution is 2.36. The van der Waals surface area contributed by atoms with Gasteiger partial charge < -0.3 is 15.8 Å². The van der Waals surface area contributed by atoms with Gasteiger partial charge in [-0.3, -0.25) is 4.79 Å². The maximum absolute atomic E-state index is 12.1. The molecule has 0 unspecified atom stereocenters. The van der Waals surface area contributed by atoms with Crippen LogP contribution >= 0.6 is 11.3 Å². The number of rotatable bonds is 5. The zero-order chi connectivity index (χ0) is 13.9. The number of anilines is 2. The molecule has 0 radical (unpaired) electrons. The second-order valence-electron chi connectivity index (χ2n) is 3.37. The van der Waals surface area contributed by atoms with Crippen molar-refractivity contribution in [2.45, 2.75) is 13.3 Å². The standard InChI is InChI=1S/C10H12F2N2O3S/c1-4(15)8-7(13)6(10(16)17-2)9(18-8)14-3-5(11)12/h5,14H,3,13H2,1-2H3. The molecule has 5 nitrogen and oxygen atoms in total. The summed E-state index contributed by atoms with van der Waals surface area (Å²) < 4.78 is 28.8. The first-order valence-electron chi connectivity index (χ1n) is 4.92. The van der Waals surface area contributed by atoms with Gasteiger partial charge in [0.25, 0.3) is 6.43 Å². The van der Waals surface area contributed by atoms with E-state index in [0.717, 1.165) is 18.4 Å². The van der Waals surface area contributed by atoms with Crippen molar-refractivity contribution in [2.75, 3.05) is 24.7 Å². The van der Waals surface area contributed by atoms with Crippen molar-refractivity contribution in [3.8, 4) is 0 Å². The number of carbonyl (C=O) groups excluding carboxylic acids is 2. The van der Waals surface area contributed by atoms with Gasteiger partial charge >= 0.3 is 5.97 Å². The monoisotopic (exact) mass is 278 g/mol. The summed E-state index contributed by atoms with van der Waals surface area (Å²) in [5.41, 5.74) is 5.53. The molecule has 1 aromatic heterocycles. The topological polar surface area (TPSA) is 81.4 Å². The summed E-state index contributed by atoms with van der Waals surface area (Å²) in [7, 11) is 1.14. The summed E-state index contributed by atoms with van der Waals surface area (Å²) in [4.78, 5) is 22.9. The molecule has 1 aromatic rings. The van der Waals surface area contributed by atoms with Crippen molar-refractivity contribution >= 4 is 33.8 Å². The van der Waals surface area contributed by atoms with E-state index in [0.29, 0.717) is 0 Å². The molecule has 0 spiro atoms. The summed E-state index contributed by atoms with van der Waals surface area (Å²) in [5.74, 6) is -1.11. The van der Waals surface area contributed by atoms with Crippen molar-refractivity contribution in [3.63, 3.8) is 0 Å². The van der Waals surface area contributed by atoms with Crippen molar-refractivity contribution in [1.82, 2.24) is 0 Å². The van der Waals surface area contributed by atoms with Crippen LogP contribution in [0.5, 0.6) is 0 Å². The maximum Gasteiger partial charge on any atom is 0.343 e. The van der Waals surface area contributed by atoms with Gasteiger partial charge in [0.05, 0.1) is 24.2 Å². The van der Waals surface area contributed by atoms with Crippen LogP contribution < -0.4 is 11.1 Å². The van der Waals surface area contributed by atoms with Crippen molar-refractivity contribution in [1.29, 1.82) is 0 Å². The van der Waals surface area contributed by atoms with E-state index in [1.54, 1.807) is 0 Å². The fourth-order valence-electron chi connectivity index (χ4n) is 1.30. The molecule has 0 bridgehead atoms. The third-order valence-electron chi connectivity index (χ3n) is 2.07. The van der Waals surface area contributed by atoms with E-state index in [2.05, 4.69) is 10.1 Å². The van der Waals surface area contributed by atoms with E-state index in [1.165, 1.54) is 6.92 Å². The van der Waals surface area contributed by atoms with Crippen LogP contribution in [0.3, 0.4) is 0 Å². The Hall–Kier alpha value is -1.70. The maximum atomic E-state index is 12.1. The van der Waals surface area contributed by atoms with Crippen LogP contribution in [-0.4, -0.2) is 31.8 Å². The third kappa shape index (κ3) is 2.95. The molecule has 1 heterocycles. The molecule has 18 heavy (non-hydrogen) atoms. The first-order valence-corrected chi connectivity index (χ1v) is 5.73. The van der Waals surface area contributed by atoms with Gasteiger partial charge in [0.1, 0.15) is 10.6 Å². The van der Waals surface area contributed by atoms with Crippen molar-refractivity contribution in [2.24, 2.45) is 0 Å². The van der Waals surface area contributed by atoms with Gasteiger partial charge in [-0.2, -0.15) is 0 Å². The van der Waals surface area contributed by atoms with Gasteiger partial charge in [0, 0.05) is 6.92 Å². The molecule has 0 aliphatic carbocycles. The fraction of sp³-hybridized carbons (Fsp3) is 0.400. The van der Waals surface area contributed by atoms with Gasteiger partial charge in [-0.1, -0.05) is 0 Å². The minimum atomic E-state index is -2.58. The third-order valence-corrected chi connectivity index (χ3v) is 3.34. The van der Waals surface area contributed by atoms with Crippen LogP contribution in [-0.2, 0) is 4.74 Å². The quantitative estimate of drug-likeness (QED) is 0.636. The molecule has 3 N–H and O–H groups in total. The highest BCUT2D eigenvalue weighted by Gasteiger charge is 2.24. The minimum Gasteiger partial charge on any atom is -0.465 e. The van der Waals surface area contributed by atoms with E-state index in [9.17, 15) is 18.4 Å². The van der Waals surface area contributed by atoms with Crippen molar-refractivity contribution < 1.29 is 23.1 Å². The van der Waals surface area contributed by atoms with Crippen LogP contribution in [0.25, 0.3) is 0 Å². The lowest BCUT2D eigenvalue weighted by molar-refractivity contribution is 0.0603. The molecule has 0 aliphatic rings. The normalized spacial score (nSPS) is 10.5. The Balaban J connectivity index is 3.17. The second kappa shape index (κ2) is 5.76. The first kappa shape index (κ1) is 14.4. The van der Waals surface area contributed by atoms with Gasteiger partial charge in [0.15, 0.2) is 5.78 Å². The zero-order valence-corrected chi connectivity index (χ0v) is 10.6. The van der Waals surface area contributed by atoms with E-state index >= 15 is 0 Å². The number of ether oxygens (including phenoxy) is 1. The molecule has 0 atom stereocenters. The predicted molar refractivity (Wildman–Crippen MR) is 64.6 cm³/mol. The zero-order valence-electron chi connectivity index (χ0n) is 9.75. The molecular weight excluding hydrogens is 266 g/mol. The largest absolute Gasteiger partial charge is 0.465 e. The number of alkyl halides is 2. The van der Waals surface area contributed by atoms with Gasteiger partial charge in [0.2, 0.25) is 0 Å². The van der Waals surface area contributed by atoms with Gasteiger partial charge in [-0.15, -0.1) is 11.3 Å². The average Bonchev–Trinajstić information content (AvgIpc) is 2.63. The smallest absolute Gasteiger partial charge is 0.343 e. The van der Waals surface area contributed by atoms with E-state index in [1.807, 2.05) is 0 Å². The SMILES string of the molecule is COC(=O)c1c(NCC(F)F)sc(C(C)=O)c1N. The molecule has 0 amide bonds. The molecule has 100 valence electrons. The Bertz CT molecular complexity index is 474. The van der Waals surface area contributed by atoms with Crippen LogP contribution in [0.2, 0.25) is 0 Å². The number of methoxy groups -OCH3 is 1. The summed E-state index contributed by atoms with van der Waals surface area (Å²) in [5, 5.41) is 2.50. The van der Waals surface area contributed by atoms with Crippen molar-refractivity contribution in [3.05, 3.63) is 10.4 Å². The number of thiophene rings is 1. The van der Waals surface area contributed by atoms with E-state index in [4.69, 9.17) is 5.73 Å². The van der Waals surface area contributed by atoms with E-state index in [-0.39, 0.29) is 26.9 Å². The molecular formula is C10H12F2N2O3S. The first-order chi connectivity index (χ1) is 8.38. The lowest BCUT2D eigenvalue weighted by Gasteiger charge is -2.05. The van der Waals surface area contributed by atoms with Crippen LogP contribution in [0, 0.1) is 0 Å². The van der Waals surface area contributed by atoms with Crippen LogP contribution in [0.4, 0.5) is 19.5 Å². The second-order valence-corrected chi connectivity index (χ2v) is 4.39. The fourth-order valence-corrected chi connectivity index (χ4v) is 2.32. The lowest BCUT2D eigenvalue weighted by atomic mass is 10.2. The molecule has 0 aromatic carbocycles. The number of Topliss-reactive ketones (excluding diaryl/α,β-unsaturated/α-hetero) is 1. The number of nitrogen functional groups attached to an aromatic ring is 1. The molecule has 0 saturated heterocycles. The number of nitrogens with one attached hydrogen (secondary N) is 1. The average molecular weight is 278 g/mol. The minimum absolute atomic E-state index is 0.0453. The lowest BCUT2D eigenvalue weighted by Crippen LogP contribution is -2.13. The molecule has 0 saturated carbocycles. The Morgan fingerprint density at radius 3 is 2.56 bits per heavy atom. The number of nitrogens with two attached hydrogens (primary N) is 1. The highest BCUT2D eigenvalue weighted by molar-refractivity contribution is 7.19. The number of hydrogen-bond acceptors (Lipinski definition) is 6. The summed E-state index contributed by atoms with van der Waals surface area (Å²) in [6, 6.07) is 0. The summed E-state index contributed by atoms with van der Waals surface area (Å²) in [6.45, 7) is 0.640. The Kier molecular flexibility index (Phi) is 4.60. The number of carbonyl (C=O) groups is 2. The molecule has 8 heteroatoms. The van der Waals surface area contributed by atoms with Crippen LogP contribution in [0.15, 0.2) is 0 Å². The van der Waals surface area contributed by atoms with Crippen LogP contribution in [0.1, 0.15) is 27.0 Å². The van der Waals surface area contributed by atoms with Gasteiger partial charge in [-0.25, -0.2) is 13.6 Å². The Morgan fingerprint density at radius 1 is 1.50 bits per heavy atom. The number of ketones is 1. The van der Waals surface area contributed by atoms with E-state index < -0.39 is 18.9 Å². The summed E-state index contributed by atoms with van der Waals surface area (Å²) in [6.07, 6.45) is -2.58. The Morgan fingerprint density at radius 2 is 2.11 bits per heavy atom. The highest BCUT2D eigenvalue weighted by atomic mass is 32.1. The molecule has 0 fully saturated rings. The number of hydrogen-bond donors (Lipinski definition) is 2. The molecule has 1 rings (SSSR count). The Labute approximate surface area is 106 Å². The molecule has 0 aliphatic heterocycles.